The monoisotopic (exact) mass is 546 g/mol. The number of carbonyl (C=O) groups excluding carboxylic acids is 4. The van der Waals surface area contributed by atoms with E-state index >= 15 is 0 Å². The van der Waals surface area contributed by atoms with Crippen molar-refractivity contribution >= 4 is 29.5 Å². The lowest BCUT2D eigenvalue weighted by molar-refractivity contribution is -0.143. The highest BCUT2D eigenvalue weighted by Crippen LogP contribution is 2.46. The molecular formula is C30H31FN4O5. The standard InChI is InChI=1S/C30H31FN4O5/c31-21-5-3-20-15-34(24(17-1-2-17)8-4-18(20)13-21)25(36)16-35-27(38)30(40-28(35)39)10-9-19-14-22(6-7-23(19)30)33-26(37)29(32)11-12-29/h3,5-7,13-14,17,24H,1-2,4,8-12,15-16,32H2,(H,33,37)/t24-,30+/m0/s1. The second-order valence-electron chi connectivity index (χ2n) is 11.9. The van der Waals surface area contributed by atoms with E-state index in [-0.39, 0.29) is 30.1 Å². The Morgan fingerprint density at radius 3 is 2.55 bits per heavy atom. The van der Waals surface area contributed by atoms with Crippen molar-refractivity contribution in [3.05, 3.63) is 64.5 Å². The van der Waals surface area contributed by atoms with E-state index in [1.165, 1.54) is 12.1 Å². The summed E-state index contributed by atoms with van der Waals surface area (Å²) in [5.74, 6) is -1.01. The molecule has 208 valence electrons. The van der Waals surface area contributed by atoms with Crippen molar-refractivity contribution in [3.63, 3.8) is 0 Å². The zero-order chi connectivity index (χ0) is 27.8. The number of imide groups is 1. The molecular weight excluding hydrogens is 515 g/mol. The Balaban J connectivity index is 1.10. The third kappa shape index (κ3) is 4.08. The average molecular weight is 547 g/mol. The Hall–Kier alpha value is -3.79. The minimum atomic E-state index is -1.47. The molecule has 3 fully saturated rings. The van der Waals surface area contributed by atoms with Crippen LogP contribution in [0.15, 0.2) is 36.4 Å². The highest BCUT2D eigenvalue weighted by atomic mass is 19.1. The Kier molecular flexibility index (Phi) is 5.58. The number of halogens is 1. The molecule has 1 saturated heterocycles. The molecule has 2 saturated carbocycles. The van der Waals surface area contributed by atoms with Crippen molar-refractivity contribution in [3.8, 4) is 0 Å². The number of rotatable bonds is 5. The van der Waals surface area contributed by atoms with Crippen LogP contribution in [0.25, 0.3) is 0 Å². The minimum Gasteiger partial charge on any atom is -0.427 e. The van der Waals surface area contributed by atoms with Gasteiger partial charge in [0.1, 0.15) is 12.4 Å². The van der Waals surface area contributed by atoms with Crippen molar-refractivity contribution < 1.29 is 28.3 Å². The number of amides is 4. The van der Waals surface area contributed by atoms with E-state index in [2.05, 4.69) is 5.32 Å². The van der Waals surface area contributed by atoms with Crippen molar-refractivity contribution in [2.75, 3.05) is 11.9 Å². The second-order valence-corrected chi connectivity index (χ2v) is 11.9. The largest absolute Gasteiger partial charge is 0.427 e. The summed E-state index contributed by atoms with van der Waals surface area (Å²) < 4.78 is 19.6. The van der Waals surface area contributed by atoms with E-state index in [0.717, 1.165) is 34.4 Å². The number of fused-ring (bicyclic) bond motifs is 3. The number of carbonyl (C=O) groups is 4. The van der Waals surface area contributed by atoms with Crippen LogP contribution in [-0.4, -0.2) is 51.7 Å². The minimum absolute atomic E-state index is 0.0187. The van der Waals surface area contributed by atoms with E-state index in [0.29, 0.717) is 55.8 Å². The first-order chi connectivity index (χ1) is 19.2. The van der Waals surface area contributed by atoms with Crippen LogP contribution in [0, 0.1) is 11.7 Å². The molecule has 0 radical (unpaired) electrons. The number of hydrogen-bond acceptors (Lipinski definition) is 6. The molecule has 7 rings (SSSR count). The highest BCUT2D eigenvalue weighted by molar-refractivity contribution is 6.06. The van der Waals surface area contributed by atoms with Gasteiger partial charge in [-0.05, 0) is 91.8 Å². The van der Waals surface area contributed by atoms with Gasteiger partial charge < -0.3 is 20.7 Å². The fourth-order valence-corrected chi connectivity index (χ4v) is 6.56. The fourth-order valence-electron chi connectivity index (χ4n) is 6.56. The molecule has 40 heavy (non-hydrogen) atoms. The van der Waals surface area contributed by atoms with Gasteiger partial charge in [0.2, 0.25) is 17.4 Å². The number of ether oxygens (including phenoxy) is 1. The van der Waals surface area contributed by atoms with Crippen molar-refractivity contribution in [1.29, 1.82) is 0 Å². The smallest absolute Gasteiger partial charge is 0.418 e. The summed E-state index contributed by atoms with van der Waals surface area (Å²) in [5, 5.41) is 2.84. The summed E-state index contributed by atoms with van der Waals surface area (Å²) in [4.78, 5) is 55.5. The lowest BCUT2D eigenvalue weighted by atomic mass is 9.94. The van der Waals surface area contributed by atoms with Gasteiger partial charge in [0.05, 0.1) is 5.54 Å². The van der Waals surface area contributed by atoms with Crippen molar-refractivity contribution in [1.82, 2.24) is 9.80 Å². The molecule has 0 unspecified atom stereocenters. The number of nitrogens with two attached hydrogens (primary N) is 1. The maximum Gasteiger partial charge on any atom is 0.418 e. The van der Waals surface area contributed by atoms with E-state index in [1.54, 1.807) is 29.2 Å². The highest BCUT2D eigenvalue weighted by Gasteiger charge is 2.58. The summed E-state index contributed by atoms with van der Waals surface area (Å²) in [6.45, 7) is -0.0829. The van der Waals surface area contributed by atoms with E-state index in [4.69, 9.17) is 10.5 Å². The Bertz CT molecular complexity index is 1470. The van der Waals surface area contributed by atoms with Crippen LogP contribution < -0.4 is 11.1 Å². The molecule has 4 amide bonds. The number of hydrogen-bond donors (Lipinski definition) is 2. The SMILES string of the molecule is NC1(C(=O)Nc2ccc3c(c2)CC[C@@]32OC(=O)N(CC(=O)N3Cc4ccc(F)cc4CC[C@H]3C3CC3)C2=O)CC1. The van der Waals surface area contributed by atoms with Crippen LogP contribution in [0.5, 0.6) is 0 Å². The molecule has 3 N–H and O–H groups in total. The lowest BCUT2D eigenvalue weighted by Crippen LogP contribution is -2.48. The predicted octanol–water partition coefficient (Wildman–Crippen LogP) is 3.13. The number of benzene rings is 2. The van der Waals surface area contributed by atoms with Crippen LogP contribution in [0.4, 0.5) is 14.9 Å². The molecule has 10 heteroatoms. The van der Waals surface area contributed by atoms with Gasteiger partial charge in [0.15, 0.2) is 0 Å². The molecule has 2 aromatic carbocycles. The molecule has 0 aromatic heterocycles. The molecule has 2 heterocycles. The van der Waals surface area contributed by atoms with Crippen molar-refractivity contribution in [2.24, 2.45) is 11.7 Å². The topological polar surface area (TPSA) is 122 Å². The van der Waals surface area contributed by atoms with Crippen LogP contribution >= 0.6 is 0 Å². The van der Waals surface area contributed by atoms with E-state index < -0.39 is 29.7 Å². The predicted molar refractivity (Wildman–Crippen MR) is 141 cm³/mol. The molecule has 9 nitrogen and oxygen atoms in total. The van der Waals surface area contributed by atoms with Crippen LogP contribution in [0.2, 0.25) is 0 Å². The number of aryl methyl sites for hydroxylation is 2. The fraction of sp³-hybridized carbons (Fsp3) is 0.467. The summed E-state index contributed by atoms with van der Waals surface area (Å²) in [7, 11) is 0. The van der Waals surface area contributed by atoms with Crippen LogP contribution in [-0.2, 0) is 44.1 Å². The Labute approximate surface area is 230 Å². The van der Waals surface area contributed by atoms with Crippen LogP contribution in [0.1, 0.15) is 60.8 Å². The third-order valence-electron chi connectivity index (χ3n) is 9.26. The lowest BCUT2D eigenvalue weighted by Gasteiger charge is -2.31. The molecule has 1 spiro atoms. The summed E-state index contributed by atoms with van der Waals surface area (Å²) in [6.07, 6.45) is 4.66. The quantitative estimate of drug-likeness (QED) is 0.594. The molecule has 5 aliphatic rings. The molecule has 2 aromatic rings. The maximum absolute atomic E-state index is 13.9. The van der Waals surface area contributed by atoms with Crippen LogP contribution in [0.3, 0.4) is 0 Å². The van der Waals surface area contributed by atoms with Gasteiger partial charge in [-0.3, -0.25) is 14.4 Å². The molecule has 0 bridgehead atoms. The van der Waals surface area contributed by atoms with Gasteiger partial charge in [-0.15, -0.1) is 0 Å². The Morgan fingerprint density at radius 2 is 1.80 bits per heavy atom. The summed E-state index contributed by atoms with van der Waals surface area (Å²) >= 11 is 0. The first-order valence-corrected chi connectivity index (χ1v) is 14.0. The van der Waals surface area contributed by atoms with E-state index in [9.17, 15) is 23.6 Å². The van der Waals surface area contributed by atoms with Gasteiger partial charge in [0.25, 0.3) is 5.91 Å². The first-order valence-electron chi connectivity index (χ1n) is 14.0. The van der Waals surface area contributed by atoms with Gasteiger partial charge >= 0.3 is 6.09 Å². The summed E-state index contributed by atoms with van der Waals surface area (Å²) in [6, 6.07) is 9.82. The second kappa shape index (κ2) is 8.86. The number of anilines is 1. The molecule has 3 aliphatic carbocycles. The number of nitrogens with one attached hydrogen (secondary N) is 1. The zero-order valence-corrected chi connectivity index (χ0v) is 22.1. The van der Waals surface area contributed by atoms with Gasteiger partial charge in [0, 0.05) is 30.3 Å². The summed E-state index contributed by atoms with van der Waals surface area (Å²) in [5.41, 5.74) is 7.45. The van der Waals surface area contributed by atoms with Crippen molar-refractivity contribution in [2.45, 2.75) is 75.1 Å². The maximum atomic E-state index is 13.9. The van der Waals surface area contributed by atoms with Gasteiger partial charge in [-0.2, -0.15) is 0 Å². The average Bonchev–Trinajstić information content (AvgIpc) is 3.85. The number of nitrogens with zero attached hydrogens (tertiary/aromatic N) is 2. The molecule has 2 atom stereocenters. The van der Waals surface area contributed by atoms with Gasteiger partial charge in [-0.25, -0.2) is 14.1 Å². The van der Waals surface area contributed by atoms with Gasteiger partial charge in [-0.1, -0.05) is 12.1 Å². The normalized spacial score (nSPS) is 26.3. The molecule has 2 aliphatic heterocycles. The third-order valence-corrected chi connectivity index (χ3v) is 9.26. The Morgan fingerprint density at radius 1 is 1.00 bits per heavy atom. The zero-order valence-electron chi connectivity index (χ0n) is 22.1. The van der Waals surface area contributed by atoms with E-state index in [1.807, 2.05) is 0 Å². The first kappa shape index (κ1) is 25.2.